The summed E-state index contributed by atoms with van der Waals surface area (Å²) in [6.45, 7) is 7.99. The molecule has 0 bridgehead atoms. The second kappa shape index (κ2) is 16.9. The first kappa shape index (κ1) is 29.5. The van der Waals surface area contributed by atoms with Gasteiger partial charge in [0.25, 0.3) is 0 Å². The van der Waals surface area contributed by atoms with Gasteiger partial charge < -0.3 is 20.1 Å². The Balaban J connectivity index is 1.85. The molecule has 0 aliphatic rings. The lowest BCUT2D eigenvalue weighted by atomic mass is 9.96. The number of carbonyl (C=O) groups is 3. The first-order chi connectivity index (χ1) is 18.0. The summed E-state index contributed by atoms with van der Waals surface area (Å²) in [6.07, 6.45) is 4.67. The molecule has 198 valence electrons. The van der Waals surface area contributed by atoms with Gasteiger partial charge in [-0.3, -0.25) is 14.4 Å². The van der Waals surface area contributed by atoms with Gasteiger partial charge in [0.05, 0.1) is 25.0 Å². The van der Waals surface area contributed by atoms with Crippen LogP contribution in [0.4, 0.5) is 0 Å². The molecule has 0 aromatic heterocycles. The van der Waals surface area contributed by atoms with Gasteiger partial charge in [-0.1, -0.05) is 72.8 Å². The van der Waals surface area contributed by atoms with Crippen molar-refractivity contribution in [1.82, 2.24) is 10.2 Å². The van der Waals surface area contributed by atoms with Crippen molar-refractivity contribution in [3.63, 3.8) is 0 Å². The van der Waals surface area contributed by atoms with Crippen molar-refractivity contribution in [2.75, 3.05) is 26.3 Å². The fourth-order valence-electron chi connectivity index (χ4n) is 3.99. The second-order valence-corrected chi connectivity index (χ2v) is 8.82. The molecule has 2 aromatic carbocycles. The number of carbonyl (C=O) groups excluding carboxylic acids is 3. The minimum absolute atomic E-state index is 0.0110. The minimum Gasteiger partial charge on any atom is -0.464 e. The Hall–Kier alpha value is -3.71. The lowest BCUT2D eigenvalue weighted by Crippen LogP contribution is -2.39. The molecule has 2 aromatic rings. The van der Waals surface area contributed by atoms with Crippen molar-refractivity contribution in [3.05, 3.63) is 97.1 Å². The van der Waals surface area contributed by atoms with Crippen molar-refractivity contribution in [2.45, 2.75) is 32.2 Å². The number of nitrogens with zero attached hydrogens (tertiary/aromatic N) is 1. The zero-order chi connectivity index (χ0) is 26.9. The lowest BCUT2D eigenvalue weighted by molar-refractivity contribution is -0.148. The predicted octanol–water partition coefficient (Wildman–Crippen LogP) is 3.68. The fourth-order valence-corrected chi connectivity index (χ4v) is 3.99. The summed E-state index contributed by atoms with van der Waals surface area (Å²) in [5.74, 6) is -1.82. The molecule has 2 rings (SSSR count). The number of aliphatic hydroxyl groups excluding tert-OH is 1. The molecule has 2 atom stereocenters. The molecule has 0 heterocycles. The SMILES string of the molecule is C=CC[C@H](CC(=O)N(CCO)Cc1ccccc1)C(=O)NCCOC(=O)[C@@H](CC=C)Cc1ccccc1. The zero-order valence-corrected chi connectivity index (χ0v) is 21.4. The molecular formula is C30H38N2O5. The van der Waals surface area contributed by atoms with Gasteiger partial charge >= 0.3 is 5.97 Å². The Labute approximate surface area is 219 Å². The highest BCUT2D eigenvalue weighted by Gasteiger charge is 2.24. The number of aliphatic hydroxyl groups is 1. The topological polar surface area (TPSA) is 95.9 Å². The molecule has 7 heteroatoms. The smallest absolute Gasteiger partial charge is 0.309 e. The maximum Gasteiger partial charge on any atom is 0.309 e. The molecule has 0 saturated heterocycles. The van der Waals surface area contributed by atoms with E-state index in [4.69, 9.17) is 4.74 Å². The van der Waals surface area contributed by atoms with Gasteiger partial charge in [0.15, 0.2) is 0 Å². The first-order valence-electron chi connectivity index (χ1n) is 12.6. The maximum atomic E-state index is 13.0. The third-order valence-corrected chi connectivity index (χ3v) is 5.94. The lowest BCUT2D eigenvalue weighted by Gasteiger charge is -2.24. The van der Waals surface area contributed by atoms with Crippen molar-refractivity contribution >= 4 is 17.8 Å². The Kier molecular flexibility index (Phi) is 13.5. The normalized spacial score (nSPS) is 12.1. The van der Waals surface area contributed by atoms with Crippen LogP contribution in [0.15, 0.2) is 86.0 Å². The number of rotatable bonds is 17. The third-order valence-electron chi connectivity index (χ3n) is 5.94. The van der Waals surface area contributed by atoms with E-state index in [1.807, 2.05) is 60.7 Å². The first-order valence-corrected chi connectivity index (χ1v) is 12.6. The number of ether oxygens (including phenoxy) is 1. The molecule has 0 aliphatic carbocycles. The molecule has 37 heavy (non-hydrogen) atoms. The minimum atomic E-state index is -0.607. The highest BCUT2D eigenvalue weighted by atomic mass is 16.5. The summed E-state index contributed by atoms with van der Waals surface area (Å²) in [5.41, 5.74) is 1.98. The molecule has 0 unspecified atom stereocenters. The van der Waals surface area contributed by atoms with Crippen LogP contribution < -0.4 is 5.32 Å². The van der Waals surface area contributed by atoms with Gasteiger partial charge in [-0.05, 0) is 30.4 Å². The van der Waals surface area contributed by atoms with Gasteiger partial charge in [-0.2, -0.15) is 0 Å². The van der Waals surface area contributed by atoms with Gasteiger partial charge in [0.2, 0.25) is 11.8 Å². The standard InChI is InChI=1S/C30H38N2O5/c1-3-11-26(22-28(34)32(18-19-33)23-25-15-9-6-10-16-25)29(35)31-17-20-37-30(36)27(12-4-2)21-24-13-7-5-8-14-24/h3-10,13-16,26-27,33H,1-2,11-12,17-23H2,(H,31,35)/t26-,27+/m1/s1. The Morgan fingerprint density at radius 3 is 2.11 bits per heavy atom. The molecule has 2 N–H and O–H groups in total. The zero-order valence-electron chi connectivity index (χ0n) is 21.4. The number of amides is 2. The summed E-state index contributed by atoms with van der Waals surface area (Å²) in [6, 6.07) is 19.2. The van der Waals surface area contributed by atoms with E-state index < -0.39 is 5.92 Å². The predicted molar refractivity (Wildman–Crippen MR) is 144 cm³/mol. The average Bonchev–Trinajstić information content (AvgIpc) is 2.91. The van der Waals surface area contributed by atoms with E-state index >= 15 is 0 Å². The van der Waals surface area contributed by atoms with E-state index in [9.17, 15) is 19.5 Å². The van der Waals surface area contributed by atoms with E-state index in [-0.39, 0.29) is 56.4 Å². The number of hydrogen-bond donors (Lipinski definition) is 2. The molecule has 7 nitrogen and oxygen atoms in total. The average molecular weight is 507 g/mol. The number of allylic oxidation sites excluding steroid dienone is 2. The van der Waals surface area contributed by atoms with Crippen LogP contribution in [-0.2, 0) is 32.1 Å². The summed E-state index contributed by atoms with van der Waals surface area (Å²) in [5, 5.41) is 12.2. The largest absolute Gasteiger partial charge is 0.464 e. The molecule has 0 fully saturated rings. The summed E-state index contributed by atoms with van der Waals surface area (Å²) < 4.78 is 5.41. The van der Waals surface area contributed by atoms with Crippen LogP contribution in [-0.4, -0.2) is 54.1 Å². The number of nitrogens with one attached hydrogen (secondary N) is 1. The van der Waals surface area contributed by atoms with Crippen LogP contribution in [0.1, 0.15) is 30.4 Å². The van der Waals surface area contributed by atoms with E-state index in [0.717, 1.165) is 11.1 Å². The molecule has 2 amide bonds. The highest BCUT2D eigenvalue weighted by Crippen LogP contribution is 2.16. The van der Waals surface area contributed by atoms with Crippen molar-refractivity contribution in [2.24, 2.45) is 11.8 Å². The van der Waals surface area contributed by atoms with Gasteiger partial charge in [0, 0.05) is 19.5 Å². The molecule has 0 aliphatic heterocycles. The van der Waals surface area contributed by atoms with Crippen molar-refractivity contribution in [1.29, 1.82) is 0 Å². The number of esters is 1. The quantitative estimate of drug-likeness (QED) is 0.194. The van der Waals surface area contributed by atoms with Gasteiger partial charge in [-0.15, -0.1) is 13.2 Å². The summed E-state index contributed by atoms with van der Waals surface area (Å²) in [4.78, 5) is 39.9. The molecule has 0 spiro atoms. The van der Waals surface area contributed by atoms with E-state index in [2.05, 4.69) is 18.5 Å². The summed E-state index contributed by atoms with van der Waals surface area (Å²) in [7, 11) is 0. The Morgan fingerprint density at radius 1 is 0.919 bits per heavy atom. The monoisotopic (exact) mass is 506 g/mol. The highest BCUT2D eigenvalue weighted by molar-refractivity contribution is 5.86. The third kappa shape index (κ3) is 10.8. The molecular weight excluding hydrogens is 468 g/mol. The maximum absolute atomic E-state index is 13.0. The van der Waals surface area contributed by atoms with E-state index in [1.54, 1.807) is 17.1 Å². The van der Waals surface area contributed by atoms with Crippen LogP contribution in [0.5, 0.6) is 0 Å². The van der Waals surface area contributed by atoms with Gasteiger partial charge in [0.1, 0.15) is 6.61 Å². The Bertz CT molecular complexity index is 994. The van der Waals surface area contributed by atoms with E-state index in [0.29, 0.717) is 25.8 Å². The van der Waals surface area contributed by atoms with Crippen LogP contribution in [0.3, 0.4) is 0 Å². The van der Waals surface area contributed by atoms with Crippen LogP contribution in [0.2, 0.25) is 0 Å². The summed E-state index contributed by atoms with van der Waals surface area (Å²) >= 11 is 0. The number of hydrogen-bond acceptors (Lipinski definition) is 5. The van der Waals surface area contributed by atoms with Crippen LogP contribution >= 0.6 is 0 Å². The van der Waals surface area contributed by atoms with Crippen molar-refractivity contribution in [3.8, 4) is 0 Å². The molecule has 0 saturated carbocycles. The van der Waals surface area contributed by atoms with Crippen LogP contribution in [0.25, 0.3) is 0 Å². The van der Waals surface area contributed by atoms with Gasteiger partial charge in [-0.25, -0.2) is 0 Å². The van der Waals surface area contributed by atoms with E-state index in [1.165, 1.54) is 0 Å². The number of benzene rings is 2. The molecule has 0 radical (unpaired) electrons. The van der Waals surface area contributed by atoms with Crippen LogP contribution in [0, 0.1) is 11.8 Å². The second-order valence-electron chi connectivity index (χ2n) is 8.82. The van der Waals surface area contributed by atoms with Crippen molar-refractivity contribution < 1.29 is 24.2 Å². The fraction of sp³-hybridized carbons (Fsp3) is 0.367. The Morgan fingerprint density at radius 2 is 1.51 bits per heavy atom.